The Morgan fingerprint density at radius 3 is 1.91 bits per heavy atom. The molecule has 2 rings (SSSR count). The average Bonchev–Trinajstić information content (AvgIpc) is 2.96. The van der Waals surface area contributed by atoms with Gasteiger partial charge in [0.25, 0.3) is 5.91 Å². The van der Waals surface area contributed by atoms with Crippen molar-refractivity contribution in [1.82, 2.24) is 4.90 Å². The number of nitrogens with zero attached hydrogens (tertiary/aromatic N) is 1. The summed E-state index contributed by atoms with van der Waals surface area (Å²) in [5, 5.41) is 7.84. The van der Waals surface area contributed by atoms with Crippen LogP contribution < -0.4 is 14.2 Å². The van der Waals surface area contributed by atoms with Crippen molar-refractivity contribution in [1.29, 1.82) is 5.41 Å². The van der Waals surface area contributed by atoms with Gasteiger partial charge in [-0.05, 0) is 104 Å². The van der Waals surface area contributed by atoms with Gasteiger partial charge in [0.1, 0.15) is 17.2 Å². The average molecular weight is 635 g/mol. The Balaban J connectivity index is 0.00000968. The molecule has 0 bridgehead atoms. The Kier molecular flexibility index (Phi) is 18.0. The van der Waals surface area contributed by atoms with Gasteiger partial charge in [-0.3, -0.25) is 10.2 Å². The summed E-state index contributed by atoms with van der Waals surface area (Å²) in [4.78, 5) is 28.0. The fraction of sp³-hybridized carbons (Fsp3) is 0.559. The number of hydrogen-bond acceptors (Lipinski definition) is 8. The second-order valence-corrected chi connectivity index (χ2v) is 10.7. The van der Waals surface area contributed by atoms with Gasteiger partial charge in [0, 0.05) is 23.7 Å². The second-order valence-electron chi connectivity index (χ2n) is 10.7. The number of nitrogens with one attached hydrogen (secondary N) is 1. The van der Waals surface area contributed by atoms with Crippen LogP contribution in [0.5, 0.6) is 17.2 Å². The van der Waals surface area contributed by atoms with Crippen LogP contribution in [0.25, 0.3) is 0 Å². The van der Waals surface area contributed by atoms with Crippen molar-refractivity contribution >= 4 is 30.2 Å². The molecule has 1 unspecified atom stereocenters. The van der Waals surface area contributed by atoms with Crippen molar-refractivity contribution in [3.05, 3.63) is 53.6 Å². The number of amides is 1. The van der Waals surface area contributed by atoms with Gasteiger partial charge in [0.2, 0.25) is 5.90 Å². The highest BCUT2D eigenvalue weighted by molar-refractivity contribution is 5.97. The Labute approximate surface area is 269 Å². The molecule has 9 nitrogen and oxygen atoms in total. The van der Waals surface area contributed by atoms with E-state index in [1.165, 1.54) is 0 Å². The zero-order valence-electron chi connectivity index (χ0n) is 27.4. The molecular formula is C34H51ClN2O7. The van der Waals surface area contributed by atoms with E-state index >= 15 is 0 Å². The first-order valence-electron chi connectivity index (χ1n) is 15.5. The van der Waals surface area contributed by atoms with Crippen LogP contribution in [-0.2, 0) is 14.3 Å². The van der Waals surface area contributed by atoms with Crippen LogP contribution in [0.4, 0.5) is 0 Å². The molecule has 0 saturated heterocycles. The molecule has 0 aliphatic rings. The van der Waals surface area contributed by atoms with E-state index in [1.807, 2.05) is 65.8 Å². The Morgan fingerprint density at radius 2 is 1.36 bits per heavy atom. The molecular weight excluding hydrogens is 584 g/mol. The minimum atomic E-state index is -0.814. The highest BCUT2D eigenvalue weighted by atomic mass is 35.5. The number of hydrogen-bond donors (Lipinski definition) is 1. The molecule has 0 radical (unpaired) electrons. The summed E-state index contributed by atoms with van der Waals surface area (Å²) in [6, 6.07) is 12.5. The van der Waals surface area contributed by atoms with Crippen LogP contribution in [0.1, 0.15) is 96.5 Å². The molecule has 0 saturated carbocycles. The molecule has 44 heavy (non-hydrogen) atoms. The van der Waals surface area contributed by atoms with Gasteiger partial charge >= 0.3 is 5.97 Å². The summed E-state index contributed by atoms with van der Waals surface area (Å²) in [5.41, 5.74) is 1.11. The van der Waals surface area contributed by atoms with Crippen LogP contribution in [0, 0.1) is 5.41 Å². The van der Waals surface area contributed by atoms with Crippen LogP contribution in [0.2, 0.25) is 0 Å². The summed E-state index contributed by atoms with van der Waals surface area (Å²) < 4.78 is 28.5. The molecule has 1 amide bonds. The maximum Gasteiger partial charge on any atom is 0.347 e. The van der Waals surface area contributed by atoms with Crippen molar-refractivity contribution in [3.63, 3.8) is 0 Å². The lowest BCUT2D eigenvalue weighted by Crippen LogP contribution is -2.42. The SMILES string of the molecule is CCCC(Oc1cc(OCCCCCOc2ccc(C(=N)OCC)cc2)ccc1C(=O)N(C(C)C)C(C)C)C(=O)OCC.Cl. The van der Waals surface area contributed by atoms with Crippen molar-refractivity contribution in [2.75, 3.05) is 26.4 Å². The van der Waals surface area contributed by atoms with Gasteiger partial charge in [-0.15, -0.1) is 12.4 Å². The predicted molar refractivity (Wildman–Crippen MR) is 176 cm³/mol. The van der Waals surface area contributed by atoms with E-state index in [4.69, 9.17) is 29.1 Å². The normalized spacial score (nSPS) is 11.4. The lowest BCUT2D eigenvalue weighted by atomic mass is 10.1. The molecule has 0 aliphatic carbocycles. The molecule has 2 aromatic carbocycles. The third-order valence-electron chi connectivity index (χ3n) is 6.63. The fourth-order valence-electron chi connectivity index (χ4n) is 4.64. The standard InChI is InChI=1S/C34H50N2O7.ClH/c1-8-14-30(34(38)40-10-3)43-31-23-28(19-20-29(31)33(37)36(24(4)5)25(6)7)42-22-13-11-12-21-41-27-17-15-26(16-18-27)32(35)39-9-2;/h15-20,23-25,30,35H,8-14,21-22H2,1-7H3;1H. The smallest absolute Gasteiger partial charge is 0.347 e. The first-order chi connectivity index (χ1) is 20.6. The Hall–Kier alpha value is -3.46. The summed E-state index contributed by atoms with van der Waals surface area (Å²) in [5.74, 6) is 1.19. The molecule has 0 aliphatic heterocycles. The lowest BCUT2D eigenvalue weighted by Gasteiger charge is -2.31. The van der Waals surface area contributed by atoms with Crippen LogP contribution in [-0.4, -0.2) is 67.3 Å². The number of carbonyl (C=O) groups is 2. The van der Waals surface area contributed by atoms with E-state index in [0.717, 1.165) is 37.0 Å². The zero-order valence-corrected chi connectivity index (χ0v) is 28.2. The van der Waals surface area contributed by atoms with E-state index in [1.54, 1.807) is 30.0 Å². The van der Waals surface area contributed by atoms with Gasteiger partial charge in [-0.25, -0.2) is 4.79 Å². The Bertz CT molecular complexity index is 1150. The van der Waals surface area contributed by atoms with E-state index in [9.17, 15) is 9.59 Å². The lowest BCUT2D eigenvalue weighted by molar-refractivity contribution is -0.151. The van der Waals surface area contributed by atoms with Crippen LogP contribution in [0.15, 0.2) is 42.5 Å². The maximum atomic E-state index is 13.6. The van der Waals surface area contributed by atoms with Crippen molar-refractivity contribution < 1.29 is 33.3 Å². The number of esters is 1. The minimum absolute atomic E-state index is 0. The number of rotatable bonds is 19. The molecule has 0 aromatic heterocycles. The van der Waals surface area contributed by atoms with Crippen LogP contribution >= 0.6 is 12.4 Å². The topological polar surface area (TPSA) is 107 Å². The summed E-state index contributed by atoms with van der Waals surface area (Å²) in [6.07, 6.45) is 2.97. The number of unbranched alkanes of at least 4 members (excludes halogenated alkanes) is 2. The van der Waals surface area contributed by atoms with Gasteiger partial charge in [-0.1, -0.05) is 13.3 Å². The summed E-state index contributed by atoms with van der Waals surface area (Å²) >= 11 is 0. The zero-order chi connectivity index (χ0) is 31.8. The van der Waals surface area contributed by atoms with Crippen LogP contribution in [0.3, 0.4) is 0 Å². The van der Waals surface area contributed by atoms with E-state index in [-0.39, 0.29) is 42.9 Å². The number of carbonyl (C=O) groups excluding carboxylic acids is 2. The third-order valence-corrected chi connectivity index (χ3v) is 6.63. The van der Waals surface area contributed by atoms with Gasteiger partial charge in [0.15, 0.2) is 6.10 Å². The van der Waals surface area contributed by atoms with E-state index < -0.39 is 12.1 Å². The van der Waals surface area contributed by atoms with Crippen molar-refractivity contribution in [2.24, 2.45) is 0 Å². The highest BCUT2D eigenvalue weighted by Crippen LogP contribution is 2.29. The van der Waals surface area contributed by atoms with Gasteiger partial charge in [-0.2, -0.15) is 0 Å². The third kappa shape index (κ3) is 12.3. The summed E-state index contributed by atoms with van der Waals surface area (Å²) in [6.45, 7) is 15.3. The fourth-order valence-corrected chi connectivity index (χ4v) is 4.64. The van der Waals surface area contributed by atoms with E-state index in [2.05, 4.69) is 0 Å². The van der Waals surface area contributed by atoms with Crippen molar-refractivity contribution in [3.8, 4) is 17.2 Å². The largest absolute Gasteiger partial charge is 0.494 e. The molecule has 2 aromatic rings. The second kappa shape index (κ2) is 20.5. The van der Waals surface area contributed by atoms with E-state index in [0.29, 0.717) is 43.3 Å². The minimum Gasteiger partial charge on any atom is -0.494 e. The first-order valence-corrected chi connectivity index (χ1v) is 15.5. The number of benzene rings is 2. The molecule has 1 N–H and O–H groups in total. The molecule has 0 fully saturated rings. The predicted octanol–water partition coefficient (Wildman–Crippen LogP) is 7.47. The molecule has 10 heteroatoms. The molecule has 1 atom stereocenters. The number of halogens is 1. The quantitative estimate of drug-likeness (QED) is 0.0739. The van der Waals surface area contributed by atoms with Gasteiger partial charge < -0.3 is 28.6 Å². The van der Waals surface area contributed by atoms with Crippen molar-refractivity contribution in [2.45, 2.75) is 98.8 Å². The summed E-state index contributed by atoms with van der Waals surface area (Å²) in [7, 11) is 0. The molecule has 0 spiro atoms. The number of ether oxygens (including phenoxy) is 5. The maximum absolute atomic E-state index is 13.6. The molecule has 246 valence electrons. The first kappa shape index (κ1) is 38.6. The monoisotopic (exact) mass is 634 g/mol. The highest BCUT2D eigenvalue weighted by Gasteiger charge is 2.28. The van der Waals surface area contributed by atoms with Gasteiger partial charge in [0.05, 0.1) is 32.0 Å². The molecule has 0 heterocycles. The Morgan fingerprint density at radius 1 is 0.795 bits per heavy atom.